The number of rotatable bonds is 7. The van der Waals surface area contributed by atoms with Crippen LogP contribution in [0.15, 0.2) is 29.0 Å². The SMILES string of the molecule is C[C@@H](O)[C@H]1C(=O)N2C(C(=O)O)=C(C[n+]3cc4sccn4c3CNS(N)(=O)=O)[C@H](C)[C@H]12. The maximum absolute atomic E-state index is 12.5. The molecule has 0 unspecified atom stereocenters. The Hall–Kier alpha value is -2.32. The Labute approximate surface area is 176 Å². The van der Waals surface area contributed by atoms with E-state index in [-0.39, 0.29) is 24.7 Å². The lowest BCUT2D eigenvalue weighted by atomic mass is 9.78. The van der Waals surface area contributed by atoms with Crippen molar-refractivity contribution in [3.05, 3.63) is 34.9 Å². The van der Waals surface area contributed by atoms with Gasteiger partial charge in [-0.25, -0.2) is 14.5 Å². The number of aliphatic carboxylic acids is 1. The summed E-state index contributed by atoms with van der Waals surface area (Å²) in [4.78, 5) is 26.6. The monoisotopic (exact) mass is 456 g/mol. The number of amides is 1. The van der Waals surface area contributed by atoms with Crippen LogP contribution in [0, 0.1) is 11.8 Å². The van der Waals surface area contributed by atoms with Crippen molar-refractivity contribution in [3.63, 3.8) is 0 Å². The fraction of sp³-hybridized carbons (Fsp3) is 0.471. The lowest BCUT2D eigenvalue weighted by Gasteiger charge is -2.46. The molecule has 1 amide bonds. The third-order valence-corrected chi connectivity index (χ3v) is 7.15. The number of hydrogen-bond donors (Lipinski definition) is 4. The number of β-lactam (4-membered cyclic amide) rings is 1. The molecule has 4 atom stereocenters. The quantitative estimate of drug-likeness (QED) is 0.302. The van der Waals surface area contributed by atoms with Gasteiger partial charge in [0.05, 0.1) is 18.1 Å². The van der Waals surface area contributed by atoms with Crippen molar-refractivity contribution in [2.45, 2.75) is 39.1 Å². The molecule has 4 rings (SSSR count). The molecule has 4 heterocycles. The second-order valence-corrected chi connectivity index (χ2v) is 9.89. The number of aliphatic hydroxyl groups excluding tert-OH is 1. The molecule has 162 valence electrons. The molecule has 0 bridgehead atoms. The van der Waals surface area contributed by atoms with Gasteiger partial charge in [-0.2, -0.15) is 17.5 Å². The summed E-state index contributed by atoms with van der Waals surface area (Å²) in [6.45, 7) is 3.44. The molecule has 0 aromatic carbocycles. The van der Waals surface area contributed by atoms with Gasteiger partial charge in [0.1, 0.15) is 31.2 Å². The fourth-order valence-corrected chi connectivity index (χ4v) is 5.59. The molecule has 5 N–H and O–H groups in total. The Bertz CT molecular complexity index is 1180. The Morgan fingerprint density at radius 1 is 1.47 bits per heavy atom. The molecule has 2 aliphatic rings. The minimum Gasteiger partial charge on any atom is -0.477 e. The summed E-state index contributed by atoms with van der Waals surface area (Å²) in [6, 6.07) is -0.408. The molecular weight excluding hydrogens is 434 g/mol. The molecule has 0 spiro atoms. The van der Waals surface area contributed by atoms with Gasteiger partial charge in [-0.05, 0) is 6.92 Å². The number of imidazole rings is 1. The maximum Gasteiger partial charge on any atom is 0.352 e. The number of carbonyl (C=O) groups excluding carboxylic acids is 1. The maximum atomic E-state index is 12.5. The lowest BCUT2D eigenvalue weighted by Crippen LogP contribution is -2.63. The molecule has 30 heavy (non-hydrogen) atoms. The smallest absolute Gasteiger partial charge is 0.352 e. The first-order chi connectivity index (χ1) is 14.0. The van der Waals surface area contributed by atoms with Crippen LogP contribution in [0.2, 0.25) is 0 Å². The number of aromatic nitrogens is 2. The second-order valence-electron chi connectivity index (χ2n) is 7.58. The summed E-state index contributed by atoms with van der Waals surface area (Å²) in [7, 11) is -3.92. The van der Waals surface area contributed by atoms with Gasteiger partial charge < -0.3 is 15.1 Å². The number of carbonyl (C=O) groups is 2. The summed E-state index contributed by atoms with van der Waals surface area (Å²) >= 11 is 1.44. The van der Waals surface area contributed by atoms with Gasteiger partial charge in [0.15, 0.2) is 0 Å². The highest BCUT2D eigenvalue weighted by Crippen LogP contribution is 2.47. The lowest BCUT2D eigenvalue weighted by molar-refractivity contribution is -0.695. The van der Waals surface area contributed by atoms with E-state index in [2.05, 4.69) is 4.72 Å². The molecule has 0 radical (unpaired) electrons. The average molecular weight is 457 g/mol. The number of carboxylic acid groups (broad SMARTS) is 1. The van der Waals surface area contributed by atoms with Gasteiger partial charge in [0.25, 0.3) is 16.0 Å². The van der Waals surface area contributed by atoms with Gasteiger partial charge in [-0.1, -0.05) is 18.3 Å². The Morgan fingerprint density at radius 3 is 2.77 bits per heavy atom. The fourth-order valence-electron chi connectivity index (χ4n) is 4.47. The Balaban J connectivity index is 1.73. The molecule has 11 nitrogen and oxygen atoms in total. The molecule has 13 heteroatoms. The zero-order chi connectivity index (χ0) is 22.0. The van der Waals surface area contributed by atoms with Gasteiger partial charge in [-0.3, -0.25) is 4.79 Å². The topological polar surface area (TPSA) is 158 Å². The van der Waals surface area contributed by atoms with Crippen molar-refractivity contribution in [1.29, 1.82) is 0 Å². The summed E-state index contributed by atoms with van der Waals surface area (Å²) in [6.07, 6.45) is 2.70. The predicted octanol–water partition coefficient (Wildman–Crippen LogP) is -1.22. The van der Waals surface area contributed by atoms with E-state index in [4.69, 9.17) is 5.14 Å². The van der Waals surface area contributed by atoms with Crippen LogP contribution >= 0.6 is 11.3 Å². The van der Waals surface area contributed by atoms with Crippen molar-refractivity contribution >= 4 is 38.3 Å². The first-order valence-electron chi connectivity index (χ1n) is 9.23. The number of aliphatic hydroxyl groups is 1. The van der Waals surface area contributed by atoms with E-state index in [0.717, 1.165) is 4.83 Å². The molecule has 0 aliphatic carbocycles. The molecule has 2 aliphatic heterocycles. The van der Waals surface area contributed by atoms with Gasteiger partial charge >= 0.3 is 5.97 Å². The standard InChI is InChI=1S/C17H21N5O6S2/c1-8-10(15(17(25)26)22-14(8)13(9(2)23)16(22)24)6-20-7-12-21(3-4-29-12)11(20)5-19-30(18,27)28/h3-4,7-9,13-14,19,23H,5-6H2,1-2H3,(H2-,18,25,26,27,28)/p+1/t8-,9+,13+,14+/m0/s1. The van der Waals surface area contributed by atoms with Crippen LogP contribution in [0.3, 0.4) is 0 Å². The van der Waals surface area contributed by atoms with Crippen molar-refractivity contribution in [3.8, 4) is 0 Å². The Morgan fingerprint density at radius 2 is 2.17 bits per heavy atom. The van der Waals surface area contributed by atoms with Crippen LogP contribution in [0.4, 0.5) is 0 Å². The number of fused-ring (bicyclic) bond motifs is 2. The summed E-state index contributed by atoms with van der Waals surface area (Å²) in [5.74, 6) is -1.95. The summed E-state index contributed by atoms with van der Waals surface area (Å²) < 4.78 is 28.6. The summed E-state index contributed by atoms with van der Waals surface area (Å²) in [5.41, 5.74) is 0.478. The van der Waals surface area contributed by atoms with E-state index in [9.17, 15) is 28.2 Å². The molecular formula is C17H22N5O6S2+. The van der Waals surface area contributed by atoms with Gasteiger partial charge in [0, 0.05) is 16.9 Å². The van der Waals surface area contributed by atoms with E-state index in [1.165, 1.54) is 23.2 Å². The number of thiazole rings is 1. The van der Waals surface area contributed by atoms with E-state index in [0.29, 0.717) is 11.4 Å². The zero-order valence-electron chi connectivity index (χ0n) is 16.2. The molecule has 0 saturated carbocycles. The minimum atomic E-state index is -3.92. The molecule has 1 saturated heterocycles. The van der Waals surface area contributed by atoms with Crippen LogP contribution in [-0.4, -0.2) is 52.0 Å². The summed E-state index contributed by atoms with van der Waals surface area (Å²) in [5, 5.41) is 26.7. The first-order valence-corrected chi connectivity index (χ1v) is 11.7. The van der Waals surface area contributed by atoms with Gasteiger partial charge in [-0.15, -0.1) is 0 Å². The molecule has 2 aromatic rings. The van der Waals surface area contributed by atoms with Crippen molar-refractivity contribution in [2.24, 2.45) is 17.0 Å². The van der Waals surface area contributed by atoms with Crippen LogP contribution in [0.1, 0.15) is 19.7 Å². The molecule has 1 fully saturated rings. The van der Waals surface area contributed by atoms with Crippen LogP contribution in [-0.2, 0) is 32.9 Å². The van der Waals surface area contributed by atoms with Crippen molar-refractivity contribution in [1.82, 2.24) is 14.0 Å². The van der Waals surface area contributed by atoms with Crippen molar-refractivity contribution in [2.75, 3.05) is 0 Å². The highest BCUT2D eigenvalue weighted by Gasteiger charge is 2.60. The number of carboxylic acids is 1. The van der Waals surface area contributed by atoms with Crippen LogP contribution in [0.25, 0.3) is 4.83 Å². The van der Waals surface area contributed by atoms with Crippen molar-refractivity contribution < 1.29 is 32.8 Å². The van der Waals surface area contributed by atoms with Crippen LogP contribution in [0.5, 0.6) is 0 Å². The van der Waals surface area contributed by atoms with E-state index < -0.39 is 40.1 Å². The minimum absolute atomic E-state index is 0.0678. The Kier molecular flexibility index (Phi) is 4.97. The second kappa shape index (κ2) is 7.13. The van der Waals surface area contributed by atoms with E-state index >= 15 is 0 Å². The van der Waals surface area contributed by atoms with Gasteiger partial charge in [0.2, 0.25) is 10.7 Å². The number of hydrogen-bond acceptors (Lipinski definition) is 6. The third-order valence-electron chi connectivity index (χ3n) is 5.80. The highest BCUT2D eigenvalue weighted by atomic mass is 32.2. The highest BCUT2D eigenvalue weighted by molar-refractivity contribution is 7.87. The van der Waals surface area contributed by atoms with Crippen LogP contribution < -0.4 is 14.4 Å². The predicted molar refractivity (Wildman–Crippen MR) is 105 cm³/mol. The molecule has 2 aromatic heterocycles. The van der Waals surface area contributed by atoms with E-state index in [1.807, 2.05) is 12.3 Å². The third kappa shape index (κ3) is 3.22. The average Bonchev–Trinajstić information content (AvgIpc) is 3.25. The largest absolute Gasteiger partial charge is 0.477 e. The normalized spacial score (nSPS) is 25.0. The first kappa shape index (κ1) is 20.9. The van der Waals surface area contributed by atoms with E-state index in [1.54, 1.807) is 21.4 Å². The number of nitrogens with zero attached hydrogens (tertiary/aromatic N) is 3. The number of nitrogens with one attached hydrogen (secondary N) is 1. The number of nitrogens with two attached hydrogens (primary N) is 1. The zero-order valence-corrected chi connectivity index (χ0v) is 17.9.